The predicted octanol–water partition coefficient (Wildman–Crippen LogP) is 2.66. The average Bonchev–Trinajstić information content (AvgIpc) is 3.34. The van der Waals surface area contributed by atoms with Gasteiger partial charge in [0.25, 0.3) is 5.56 Å². The van der Waals surface area contributed by atoms with E-state index in [1.165, 1.54) is 6.92 Å². The van der Waals surface area contributed by atoms with E-state index in [4.69, 9.17) is 5.73 Å². The van der Waals surface area contributed by atoms with Gasteiger partial charge in [0, 0.05) is 30.1 Å². The number of fused-ring (bicyclic) bond motifs is 1. The summed E-state index contributed by atoms with van der Waals surface area (Å²) >= 11 is 0. The molecule has 6 nitrogen and oxygen atoms in total. The zero-order chi connectivity index (χ0) is 21.3. The van der Waals surface area contributed by atoms with E-state index in [-0.39, 0.29) is 28.1 Å². The molecule has 0 bridgehead atoms. The third-order valence-corrected chi connectivity index (χ3v) is 6.28. The van der Waals surface area contributed by atoms with Gasteiger partial charge in [-0.2, -0.15) is 8.78 Å². The van der Waals surface area contributed by atoms with Crippen LogP contribution in [0.2, 0.25) is 0 Å². The Hall–Kier alpha value is -2.29. The maximum atomic E-state index is 15.0. The molecule has 1 aromatic heterocycles. The predicted molar refractivity (Wildman–Crippen MR) is 105 cm³/mol. The number of aromatic nitrogens is 2. The molecule has 1 atom stereocenters. The van der Waals surface area contributed by atoms with Crippen molar-refractivity contribution in [3.05, 3.63) is 38.3 Å². The SMILES string of the molecule is Cc1c(N2CCC(C(C)(C)N)C2)c(F)cc2c(=O)[nH]c(=O)n(C(F)(F)C3CC3)c12. The van der Waals surface area contributed by atoms with E-state index in [2.05, 4.69) is 0 Å². The topological polar surface area (TPSA) is 84.1 Å². The number of nitrogens with two attached hydrogens (primary N) is 1. The van der Waals surface area contributed by atoms with Gasteiger partial charge in [0.15, 0.2) is 0 Å². The van der Waals surface area contributed by atoms with E-state index in [0.29, 0.717) is 30.5 Å². The Balaban J connectivity index is 1.95. The molecule has 2 heterocycles. The molecule has 2 fully saturated rings. The minimum atomic E-state index is -3.45. The van der Waals surface area contributed by atoms with Crippen LogP contribution in [0.3, 0.4) is 0 Å². The second kappa shape index (κ2) is 6.35. The van der Waals surface area contributed by atoms with Gasteiger partial charge < -0.3 is 10.6 Å². The summed E-state index contributed by atoms with van der Waals surface area (Å²) in [7, 11) is 0. The van der Waals surface area contributed by atoms with Gasteiger partial charge in [0.1, 0.15) is 5.82 Å². The Morgan fingerprint density at radius 3 is 2.38 bits per heavy atom. The van der Waals surface area contributed by atoms with Crippen molar-refractivity contribution < 1.29 is 13.2 Å². The van der Waals surface area contributed by atoms with Gasteiger partial charge in [0.2, 0.25) is 0 Å². The van der Waals surface area contributed by atoms with Gasteiger partial charge in [-0.3, -0.25) is 9.78 Å². The molecule has 1 aliphatic carbocycles. The Labute approximate surface area is 165 Å². The highest BCUT2D eigenvalue weighted by Gasteiger charge is 2.50. The summed E-state index contributed by atoms with van der Waals surface area (Å²) in [6.45, 7) is 6.27. The molecule has 4 rings (SSSR count). The standard InChI is InChI=1S/C20H25F3N4O2/c1-10-15-13(17(28)25-18(29)27(15)20(22,23)11-4-5-11)8-14(21)16(10)26-7-6-12(9-26)19(2,3)24/h8,11-12H,4-7,9,24H2,1-3H3,(H,25,28,29). The van der Waals surface area contributed by atoms with Crippen LogP contribution < -0.4 is 21.9 Å². The van der Waals surface area contributed by atoms with Crippen LogP contribution in [-0.2, 0) is 6.05 Å². The second-order valence-corrected chi connectivity index (χ2v) is 8.94. The zero-order valence-corrected chi connectivity index (χ0v) is 16.7. The molecule has 29 heavy (non-hydrogen) atoms. The van der Waals surface area contributed by atoms with E-state index in [0.717, 1.165) is 12.5 Å². The molecule has 2 aliphatic rings. The molecule has 0 amide bonds. The number of halogens is 3. The summed E-state index contributed by atoms with van der Waals surface area (Å²) in [5.41, 5.74) is 3.79. The van der Waals surface area contributed by atoms with Crippen LogP contribution in [0.15, 0.2) is 15.7 Å². The summed E-state index contributed by atoms with van der Waals surface area (Å²) in [5.74, 6) is -1.53. The Bertz CT molecular complexity index is 1100. The number of hydrogen-bond donors (Lipinski definition) is 2. The molecule has 2 aromatic rings. The summed E-state index contributed by atoms with van der Waals surface area (Å²) in [5, 5.41) is -0.251. The first-order chi connectivity index (χ1) is 13.4. The lowest BCUT2D eigenvalue weighted by Gasteiger charge is -2.29. The fourth-order valence-electron chi connectivity index (χ4n) is 4.40. The Kier molecular flexibility index (Phi) is 4.38. The van der Waals surface area contributed by atoms with Gasteiger partial charge in [-0.05, 0) is 52.0 Å². The van der Waals surface area contributed by atoms with Crippen molar-refractivity contribution in [3.8, 4) is 0 Å². The monoisotopic (exact) mass is 410 g/mol. The van der Waals surface area contributed by atoms with Crippen LogP contribution in [-0.4, -0.2) is 28.2 Å². The highest BCUT2D eigenvalue weighted by atomic mass is 19.3. The molecule has 1 saturated heterocycles. The van der Waals surface area contributed by atoms with Crippen molar-refractivity contribution in [1.82, 2.24) is 9.55 Å². The normalized spacial score (nSPS) is 20.7. The van der Waals surface area contributed by atoms with Crippen LogP contribution in [0, 0.1) is 24.6 Å². The maximum absolute atomic E-state index is 15.0. The van der Waals surface area contributed by atoms with Crippen LogP contribution in [0.25, 0.3) is 10.9 Å². The number of hydrogen-bond acceptors (Lipinski definition) is 4. The number of anilines is 1. The molecule has 0 radical (unpaired) electrons. The number of benzene rings is 1. The smallest absolute Gasteiger partial charge is 0.336 e. The van der Waals surface area contributed by atoms with Crippen LogP contribution >= 0.6 is 0 Å². The number of nitrogens with one attached hydrogen (secondary N) is 1. The lowest BCUT2D eigenvalue weighted by molar-refractivity contribution is -0.103. The molecule has 0 spiro atoms. The fraction of sp³-hybridized carbons (Fsp3) is 0.600. The van der Waals surface area contributed by atoms with Crippen LogP contribution in [0.4, 0.5) is 18.9 Å². The van der Waals surface area contributed by atoms with Gasteiger partial charge in [-0.15, -0.1) is 0 Å². The summed E-state index contributed by atoms with van der Waals surface area (Å²) in [6, 6.07) is -2.50. The van der Waals surface area contributed by atoms with Crippen LogP contribution in [0.1, 0.15) is 38.7 Å². The number of nitrogens with zero attached hydrogens (tertiary/aromatic N) is 2. The highest BCUT2D eigenvalue weighted by molar-refractivity contribution is 5.87. The number of alkyl halides is 2. The minimum absolute atomic E-state index is 0.103. The Morgan fingerprint density at radius 1 is 1.17 bits per heavy atom. The van der Waals surface area contributed by atoms with Gasteiger partial charge >= 0.3 is 11.7 Å². The summed E-state index contributed by atoms with van der Waals surface area (Å²) in [6.07, 6.45) is 1.33. The van der Waals surface area contributed by atoms with E-state index in [1.807, 2.05) is 18.8 Å². The Morgan fingerprint density at radius 2 is 1.83 bits per heavy atom. The van der Waals surface area contributed by atoms with Crippen molar-refractivity contribution in [2.24, 2.45) is 17.6 Å². The first kappa shape index (κ1) is 20.0. The van der Waals surface area contributed by atoms with Crippen molar-refractivity contribution in [2.45, 2.75) is 51.6 Å². The third kappa shape index (κ3) is 3.15. The van der Waals surface area contributed by atoms with E-state index >= 15 is 4.39 Å². The average molecular weight is 410 g/mol. The van der Waals surface area contributed by atoms with E-state index in [1.54, 1.807) is 4.90 Å². The molecule has 1 aromatic carbocycles. The van der Waals surface area contributed by atoms with E-state index in [9.17, 15) is 18.4 Å². The molecule has 1 aliphatic heterocycles. The highest BCUT2D eigenvalue weighted by Crippen LogP contribution is 2.47. The lowest BCUT2D eigenvalue weighted by Crippen LogP contribution is -2.42. The quantitative estimate of drug-likeness (QED) is 0.812. The second-order valence-electron chi connectivity index (χ2n) is 8.94. The summed E-state index contributed by atoms with van der Waals surface area (Å²) < 4.78 is 45.4. The molecule has 1 saturated carbocycles. The summed E-state index contributed by atoms with van der Waals surface area (Å²) in [4.78, 5) is 28.4. The number of H-pyrrole nitrogens is 1. The molecule has 158 valence electrons. The molecule has 9 heteroatoms. The first-order valence-electron chi connectivity index (χ1n) is 9.83. The molecule has 3 N–H and O–H groups in total. The van der Waals surface area contributed by atoms with Gasteiger partial charge in [0.05, 0.1) is 16.6 Å². The van der Waals surface area contributed by atoms with Gasteiger partial charge in [-0.25, -0.2) is 13.8 Å². The largest absolute Gasteiger partial charge is 0.369 e. The van der Waals surface area contributed by atoms with Crippen molar-refractivity contribution in [2.75, 3.05) is 18.0 Å². The number of aromatic amines is 1. The van der Waals surface area contributed by atoms with Crippen molar-refractivity contribution in [1.29, 1.82) is 0 Å². The first-order valence-corrected chi connectivity index (χ1v) is 9.83. The van der Waals surface area contributed by atoms with Crippen molar-refractivity contribution in [3.63, 3.8) is 0 Å². The zero-order valence-electron chi connectivity index (χ0n) is 16.7. The maximum Gasteiger partial charge on any atom is 0.336 e. The molecule has 1 unspecified atom stereocenters. The van der Waals surface area contributed by atoms with Gasteiger partial charge in [-0.1, -0.05) is 0 Å². The number of aryl methyl sites for hydroxylation is 1. The van der Waals surface area contributed by atoms with E-state index < -0.39 is 34.6 Å². The fourth-order valence-corrected chi connectivity index (χ4v) is 4.40. The lowest BCUT2D eigenvalue weighted by atomic mass is 9.88. The van der Waals surface area contributed by atoms with Crippen molar-refractivity contribution >= 4 is 16.6 Å². The number of rotatable bonds is 4. The van der Waals surface area contributed by atoms with Crippen LogP contribution in [0.5, 0.6) is 0 Å². The minimum Gasteiger partial charge on any atom is -0.369 e. The third-order valence-electron chi connectivity index (χ3n) is 6.28. The molecular formula is C20H25F3N4O2. The molecular weight excluding hydrogens is 385 g/mol.